The number of esters is 1. The zero-order valence-corrected chi connectivity index (χ0v) is 14.1. The van der Waals surface area contributed by atoms with Crippen molar-refractivity contribution in [2.45, 2.75) is 6.92 Å². The van der Waals surface area contributed by atoms with Gasteiger partial charge in [-0.25, -0.2) is 4.79 Å². The molecule has 0 saturated carbocycles. The number of benzene rings is 1. The van der Waals surface area contributed by atoms with Crippen molar-refractivity contribution in [3.63, 3.8) is 0 Å². The fourth-order valence-corrected chi connectivity index (χ4v) is 2.53. The molecule has 10 heteroatoms. The average molecular weight is 354 g/mol. The maximum atomic E-state index is 11.8. The third kappa shape index (κ3) is 4.52. The molecule has 1 aromatic carbocycles. The minimum atomic E-state index is -4.01. The van der Waals surface area contributed by atoms with Crippen molar-refractivity contribution >= 4 is 21.8 Å². The van der Waals surface area contributed by atoms with Crippen LogP contribution in [0.1, 0.15) is 17.4 Å². The van der Waals surface area contributed by atoms with E-state index < -0.39 is 16.1 Å². The molecule has 0 aliphatic heterocycles. The monoisotopic (exact) mass is 354 g/mol. The Kier molecular flexibility index (Phi) is 5.52. The first kappa shape index (κ1) is 17.9. The van der Waals surface area contributed by atoms with Crippen LogP contribution < -0.4 is 4.90 Å². The van der Waals surface area contributed by atoms with Gasteiger partial charge in [-0.3, -0.25) is 4.55 Å². The van der Waals surface area contributed by atoms with Crippen molar-refractivity contribution in [3.8, 4) is 11.3 Å². The van der Waals surface area contributed by atoms with Crippen LogP contribution in [0.15, 0.2) is 24.3 Å². The van der Waals surface area contributed by atoms with Gasteiger partial charge in [0.15, 0.2) is 5.69 Å². The Morgan fingerprint density at radius 3 is 2.54 bits per heavy atom. The molecule has 0 fully saturated rings. The molecule has 0 bridgehead atoms. The smallest absolute Gasteiger partial charge is 0.361 e. The van der Waals surface area contributed by atoms with Crippen molar-refractivity contribution in [2.24, 2.45) is 0 Å². The van der Waals surface area contributed by atoms with Gasteiger partial charge in [0.2, 0.25) is 0 Å². The number of hydrogen-bond acceptors (Lipinski definition) is 7. The van der Waals surface area contributed by atoms with Gasteiger partial charge in [-0.1, -0.05) is 12.1 Å². The van der Waals surface area contributed by atoms with E-state index in [0.717, 1.165) is 5.69 Å². The summed E-state index contributed by atoms with van der Waals surface area (Å²) in [6.07, 6.45) is 0. The summed E-state index contributed by atoms with van der Waals surface area (Å²) < 4.78 is 35.3. The van der Waals surface area contributed by atoms with E-state index >= 15 is 0 Å². The maximum absolute atomic E-state index is 11.8. The third-order valence-electron chi connectivity index (χ3n) is 3.28. The SMILES string of the molecule is CCOC(=O)c1n[nH]nc1-c1ccc(N(C)CCS(=O)(=O)O)cc1. The van der Waals surface area contributed by atoms with Crippen LogP contribution in [0.5, 0.6) is 0 Å². The standard InChI is InChI=1S/C14H18N4O5S/c1-3-23-14(19)13-12(15-17-16-13)10-4-6-11(7-5-10)18(2)8-9-24(20,21)22/h4-7H,3,8-9H2,1-2H3,(H,15,16,17)(H,20,21,22). The molecule has 0 atom stereocenters. The summed E-state index contributed by atoms with van der Waals surface area (Å²) in [4.78, 5) is 13.5. The van der Waals surface area contributed by atoms with Crippen molar-refractivity contribution < 1.29 is 22.5 Å². The van der Waals surface area contributed by atoms with Crippen LogP contribution in [0.3, 0.4) is 0 Å². The molecule has 2 rings (SSSR count). The number of nitrogens with zero attached hydrogens (tertiary/aromatic N) is 3. The second-order valence-electron chi connectivity index (χ2n) is 5.00. The minimum Gasteiger partial charge on any atom is -0.461 e. The minimum absolute atomic E-state index is 0.101. The van der Waals surface area contributed by atoms with Crippen molar-refractivity contribution in [1.29, 1.82) is 0 Å². The largest absolute Gasteiger partial charge is 0.461 e. The molecule has 130 valence electrons. The highest BCUT2D eigenvalue weighted by atomic mass is 32.2. The molecule has 0 unspecified atom stereocenters. The number of H-pyrrole nitrogens is 1. The molecule has 9 nitrogen and oxygen atoms in total. The molecule has 0 radical (unpaired) electrons. The Morgan fingerprint density at radius 1 is 1.29 bits per heavy atom. The molecule has 0 amide bonds. The van der Waals surface area contributed by atoms with Crippen molar-refractivity contribution in [1.82, 2.24) is 15.4 Å². The third-order valence-corrected chi connectivity index (χ3v) is 3.98. The maximum Gasteiger partial charge on any atom is 0.361 e. The van der Waals surface area contributed by atoms with Crippen molar-refractivity contribution in [2.75, 3.05) is 30.9 Å². The van der Waals surface area contributed by atoms with E-state index in [4.69, 9.17) is 9.29 Å². The summed E-state index contributed by atoms with van der Waals surface area (Å²) in [7, 11) is -2.30. The fourth-order valence-electron chi connectivity index (χ4n) is 2.03. The second-order valence-corrected chi connectivity index (χ2v) is 6.57. The van der Waals surface area contributed by atoms with Gasteiger partial charge in [-0.2, -0.15) is 18.7 Å². The van der Waals surface area contributed by atoms with Crippen LogP contribution in [0.4, 0.5) is 5.69 Å². The van der Waals surface area contributed by atoms with E-state index in [1.54, 1.807) is 43.1 Å². The molecular formula is C14H18N4O5S. The molecule has 2 N–H and O–H groups in total. The number of aromatic amines is 1. The average Bonchev–Trinajstić information content (AvgIpc) is 3.02. The first-order valence-electron chi connectivity index (χ1n) is 7.16. The topological polar surface area (TPSA) is 125 Å². The number of rotatable bonds is 7. The van der Waals surface area contributed by atoms with Gasteiger partial charge in [0.25, 0.3) is 10.1 Å². The summed E-state index contributed by atoms with van der Waals surface area (Å²) in [5.41, 5.74) is 1.90. The lowest BCUT2D eigenvalue weighted by molar-refractivity contribution is 0.0520. The van der Waals surface area contributed by atoms with Crippen LogP contribution in [0, 0.1) is 0 Å². The molecule has 2 aromatic rings. The summed E-state index contributed by atoms with van der Waals surface area (Å²) in [5, 5.41) is 10.2. The number of hydrogen-bond donors (Lipinski definition) is 2. The highest BCUT2D eigenvalue weighted by Gasteiger charge is 2.19. The molecule has 24 heavy (non-hydrogen) atoms. The predicted octanol–water partition coefficient (Wildman–Crippen LogP) is 0.972. The lowest BCUT2D eigenvalue weighted by atomic mass is 10.1. The van der Waals surface area contributed by atoms with Gasteiger partial charge in [0, 0.05) is 24.8 Å². The summed E-state index contributed by atoms with van der Waals surface area (Å²) >= 11 is 0. The molecule has 1 aromatic heterocycles. The van der Waals surface area contributed by atoms with Gasteiger partial charge in [-0.15, -0.1) is 5.10 Å². The van der Waals surface area contributed by atoms with Gasteiger partial charge in [0.05, 0.1) is 12.4 Å². The number of aromatic nitrogens is 3. The number of anilines is 1. The summed E-state index contributed by atoms with van der Waals surface area (Å²) in [6.45, 7) is 2.09. The Hall–Kier alpha value is -2.46. The first-order valence-corrected chi connectivity index (χ1v) is 8.77. The summed E-state index contributed by atoms with van der Waals surface area (Å²) in [6, 6.07) is 6.98. The number of carbonyl (C=O) groups excluding carboxylic acids is 1. The summed E-state index contributed by atoms with van der Waals surface area (Å²) in [5.74, 6) is -0.919. The predicted molar refractivity (Wildman–Crippen MR) is 87.5 cm³/mol. The van der Waals surface area contributed by atoms with Gasteiger partial charge in [-0.05, 0) is 19.1 Å². The van der Waals surface area contributed by atoms with Gasteiger partial charge >= 0.3 is 5.97 Å². The van der Waals surface area contributed by atoms with E-state index in [1.807, 2.05) is 0 Å². The Balaban J connectivity index is 2.15. The Bertz CT molecular complexity index is 801. The quantitative estimate of drug-likeness (QED) is 0.556. The lowest BCUT2D eigenvalue weighted by Crippen LogP contribution is -2.24. The molecule has 0 aliphatic rings. The van der Waals surface area contributed by atoms with E-state index in [1.165, 1.54) is 0 Å². The number of ether oxygens (including phenoxy) is 1. The van der Waals surface area contributed by atoms with Crippen LogP contribution in [0.2, 0.25) is 0 Å². The van der Waals surface area contributed by atoms with Gasteiger partial charge in [0.1, 0.15) is 5.69 Å². The molecule has 1 heterocycles. The van der Waals surface area contributed by atoms with E-state index in [0.29, 0.717) is 11.3 Å². The molecule has 0 aliphatic carbocycles. The van der Waals surface area contributed by atoms with Gasteiger partial charge < -0.3 is 9.64 Å². The van der Waals surface area contributed by atoms with Crippen LogP contribution in [0.25, 0.3) is 11.3 Å². The lowest BCUT2D eigenvalue weighted by Gasteiger charge is -2.18. The molecular weight excluding hydrogens is 336 g/mol. The number of nitrogens with one attached hydrogen (secondary N) is 1. The fraction of sp³-hybridized carbons (Fsp3) is 0.357. The van der Waals surface area contributed by atoms with E-state index in [9.17, 15) is 13.2 Å². The van der Waals surface area contributed by atoms with Crippen LogP contribution >= 0.6 is 0 Å². The highest BCUT2D eigenvalue weighted by molar-refractivity contribution is 7.85. The van der Waals surface area contributed by atoms with E-state index in [2.05, 4.69) is 15.4 Å². The number of carbonyl (C=O) groups is 1. The highest BCUT2D eigenvalue weighted by Crippen LogP contribution is 2.23. The van der Waals surface area contributed by atoms with E-state index in [-0.39, 0.29) is 24.6 Å². The zero-order chi connectivity index (χ0) is 17.7. The normalized spacial score (nSPS) is 11.3. The van der Waals surface area contributed by atoms with Crippen LogP contribution in [-0.2, 0) is 14.9 Å². The molecule has 0 saturated heterocycles. The zero-order valence-electron chi connectivity index (χ0n) is 13.3. The Labute approximate surface area is 139 Å². The Morgan fingerprint density at radius 2 is 1.96 bits per heavy atom. The second kappa shape index (κ2) is 7.41. The molecule has 0 spiro atoms. The first-order chi connectivity index (χ1) is 11.3. The van der Waals surface area contributed by atoms with Crippen LogP contribution in [-0.4, -0.2) is 60.3 Å². The van der Waals surface area contributed by atoms with Crippen molar-refractivity contribution in [3.05, 3.63) is 30.0 Å².